The standard InChI is InChI=1S/C23H28N8O/c1-22(2)8-12-30(15-23(3,4)28-22)20-7-11-29-14-18(26-21(29)27-20)17-6-5-16(13-19(17)32)31-24-9-10-25-31/h5-7,9-11,13-14,28,32H,8,12,15H2,1-4H3. The highest BCUT2D eigenvalue weighted by Gasteiger charge is 2.33. The predicted molar refractivity (Wildman–Crippen MR) is 123 cm³/mol. The van der Waals surface area contributed by atoms with E-state index in [0.717, 1.165) is 25.3 Å². The summed E-state index contributed by atoms with van der Waals surface area (Å²) in [5, 5.41) is 22.6. The summed E-state index contributed by atoms with van der Waals surface area (Å²) in [5.41, 5.74) is 2.01. The molecule has 9 heteroatoms. The molecule has 1 fully saturated rings. The number of benzene rings is 1. The second-order valence-electron chi connectivity index (χ2n) is 9.70. The summed E-state index contributed by atoms with van der Waals surface area (Å²) in [5.74, 6) is 1.63. The summed E-state index contributed by atoms with van der Waals surface area (Å²) >= 11 is 0. The van der Waals surface area contributed by atoms with Crippen LogP contribution in [0.25, 0.3) is 22.7 Å². The van der Waals surface area contributed by atoms with Crippen molar-refractivity contribution in [1.82, 2.24) is 34.7 Å². The van der Waals surface area contributed by atoms with Crippen molar-refractivity contribution in [1.29, 1.82) is 0 Å². The first-order valence-electron chi connectivity index (χ1n) is 10.8. The number of rotatable bonds is 3. The number of hydrogen-bond donors (Lipinski definition) is 2. The number of phenolic OH excluding ortho intramolecular Hbond substituents is 1. The van der Waals surface area contributed by atoms with Gasteiger partial charge < -0.3 is 15.3 Å². The van der Waals surface area contributed by atoms with Crippen LogP contribution in [0.1, 0.15) is 34.1 Å². The summed E-state index contributed by atoms with van der Waals surface area (Å²) in [7, 11) is 0. The van der Waals surface area contributed by atoms with Crippen molar-refractivity contribution in [3.05, 3.63) is 49.1 Å². The molecular formula is C23H28N8O. The van der Waals surface area contributed by atoms with Crippen molar-refractivity contribution in [2.24, 2.45) is 0 Å². The van der Waals surface area contributed by atoms with Crippen LogP contribution in [0.15, 0.2) is 49.1 Å². The molecule has 2 N–H and O–H groups in total. The Morgan fingerprint density at radius 1 is 1.00 bits per heavy atom. The number of hydrogen-bond acceptors (Lipinski definition) is 7. The molecule has 0 bridgehead atoms. The predicted octanol–water partition coefficient (Wildman–Crippen LogP) is 3.04. The van der Waals surface area contributed by atoms with Crippen LogP contribution in [0.2, 0.25) is 0 Å². The molecule has 1 aliphatic heterocycles. The molecule has 4 heterocycles. The Balaban J connectivity index is 1.46. The van der Waals surface area contributed by atoms with E-state index in [9.17, 15) is 5.11 Å². The summed E-state index contributed by atoms with van der Waals surface area (Å²) in [6.07, 6.45) is 8.07. The first-order chi connectivity index (χ1) is 15.2. The van der Waals surface area contributed by atoms with Crippen molar-refractivity contribution < 1.29 is 5.11 Å². The Morgan fingerprint density at radius 3 is 2.53 bits per heavy atom. The van der Waals surface area contributed by atoms with E-state index in [2.05, 4.69) is 48.1 Å². The van der Waals surface area contributed by atoms with Gasteiger partial charge in [-0.25, -0.2) is 4.98 Å². The Morgan fingerprint density at radius 2 is 1.78 bits per heavy atom. The normalized spacial score (nSPS) is 18.1. The lowest BCUT2D eigenvalue weighted by atomic mass is 9.96. The number of phenols is 1. The maximum Gasteiger partial charge on any atom is 0.236 e. The maximum atomic E-state index is 10.6. The Bertz CT molecular complexity index is 1260. The monoisotopic (exact) mass is 432 g/mol. The van der Waals surface area contributed by atoms with Gasteiger partial charge in [0, 0.05) is 48.2 Å². The van der Waals surface area contributed by atoms with Gasteiger partial charge in [-0.3, -0.25) is 4.40 Å². The van der Waals surface area contributed by atoms with Gasteiger partial charge in [-0.05, 0) is 52.3 Å². The Kier molecular flexibility index (Phi) is 4.67. The van der Waals surface area contributed by atoms with E-state index in [0.29, 0.717) is 22.7 Å². The lowest BCUT2D eigenvalue weighted by Gasteiger charge is -2.35. The number of nitrogens with zero attached hydrogens (tertiary/aromatic N) is 7. The number of fused-ring (bicyclic) bond motifs is 1. The van der Waals surface area contributed by atoms with E-state index in [1.165, 1.54) is 4.80 Å². The largest absolute Gasteiger partial charge is 0.507 e. The molecule has 4 aromatic rings. The van der Waals surface area contributed by atoms with Crippen LogP contribution in [0.3, 0.4) is 0 Å². The minimum Gasteiger partial charge on any atom is -0.507 e. The van der Waals surface area contributed by atoms with Gasteiger partial charge in [-0.2, -0.15) is 20.0 Å². The summed E-state index contributed by atoms with van der Waals surface area (Å²) in [6, 6.07) is 7.33. The number of nitrogens with one attached hydrogen (secondary N) is 1. The molecule has 166 valence electrons. The molecule has 3 aromatic heterocycles. The topological polar surface area (TPSA) is 96.4 Å². The molecule has 1 aromatic carbocycles. The fraction of sp³-hybridized carbons (Fsp3) is 0.391. The lowest BCUT2D eigenvalue weighted by Crippen LogP contribution is -2.53. The molecule has 0 saturated carbocycles. The molecule has 0 unspecified atom stereocenters. The average molecular weight is 433 g/mol. The zero-order valence-electron chi connectivity index (χ0n) is 18.8. The first-order valence-corrected chi connectivity index (χ1v) is 10.8. The third-order valence-electron chi connectivity index (χ3n) is 5.81. The van der Waals surface area contributed by atoms with Crippen LogP contribution >= 0.6 is 0 Å². The fourth-order valence-electron chi connectivity index (χ4n) is 4.56. The number of aromatic hydroxyl groups is 1. The second-order valence-corrected chi connectivity index (χ2v) is 9.70. The first kappa shape index (κ1) is 20.4. The van der Waals surface area contributed by atoms with E-state index in [1.807, 2.05) is 35.0 Å². The van der Waals surface area contributed by atoms with Crippen molar-refractivity contribution in [3.63, 3.8) is 0 Å². The van der Waals surface area contributed by atoms with E-state index in [-0.39, 0.29) is 16.8 Å². The van der Waals surface area contributed by atoms with E-state index in [1.54, 1.807) is 18.5 Å². The lowest BCUT2D eigenvalue weighted by molar-refractivity contribution is 0.284. The van der Waals surface area contributed by atoms with Gasteiger partial charge in [0.05, 0.1) is 23.8 Å². The zero-order chi connectivity index (χ0) is 22.5. The van der Waals surface area contributed by atoms with Crippen LogP contribution in [-0.2, 0) is 0 Å². The maximum absolute atomic E-state index is 10.6. The van der Waals surface area contributed by atoms with Gasteiger partial charge in [0.2, 0.25) is 5.78 Å². The molecule has 0 radical (unpaired) electrons. The Hall–Kier alpha value is -3.46. The minimum absolute atomic E-state index is 0.0364. The van der Waals surface area contributed by atoms with Gasteiger partial charge in [-0.1, -0.05) is 0 Å². The highest BCUT2D eigenvalue weighted by atomic mass is 16.3. The molecule has 0 atom stereocenters. The highest BCUT2D eigenvalue weighted by Crippen LogP contribution is 2.31. The molecular weight excluding hydrogens is 404 g/mol. The van der Waals surface area contributed by atoms with E-state index >= 15 is 0 Å². The average Bonchev–Trinajstić information content (AvgIpc) is 3.37. The number of anilines is 1. The quantitative estimate of drug-likeness (QED) is 0.514. The SMILES string of the molecule is CC1(C)CCN(c2ccn3cc(-c4ccc(-n5nccn5)cc4O)nc3n2)CC(C)(C)N1. The van der Waals surface area contributed by atoms with Gasteiger partial charge >= 0.3 is 0 Å². The number of aromatic nitrogens is 6. The minimum atomic E-state index is -0.0364. The van der Waals surface area contributed by atoms with Crippen molar-refractivity contribution in [2.45, 2.75) is 45.2 Å². The van der Waals surface area contributed by atoms with Crippen molar-refractivity contribution in [3.8, 4) is 22.7 Å². The second kappa shape index (κ2) is 7.30. The van der Waals surface area contributed by atoms with Gasteiger partial charge in [0.15, 0.2) is 0 Å². The number of imidazole rings is 1. The molecule has 1 aliphatic rings. The molecule has 1 saturated heterocycles. The van der Waals surface area contributed by atoms with Crippen LogP contribution < -0.4 is 10.2 Å². The summed E-state index contributed by atoms with van der Waals surface area (Å²) in [4.78, 5) is 13.3. The molecule has 9 nitrogen and oxygen atoms in total. The van der Waals surface area contributed by atoms with Gasteiger partial charge in [-0.15, -0.1) is 0 Å². The van der Waals surface area contributed by atoms with Crippen LogP contribution in [0.4, 0.5) is 5.82 Å². The van der Waals surface area contributed by atoms with Crippen LogP contribution in [0.5, 0.6) is 5.75 Å². The Labute approximate surface area is 186 Å². The van der Waals surface area contributed by atoms with E-state index < -0.39 is 0 Å². The third kappa shape index (κ3) is 3.91. The molecule has 0 amide bonds. The highest BCUT2D eigenvalue weighted by molar-refractivity contribution is 5.70. The van der Waals surface area contributed by atoms with Crippen LogP contribution in [-0.4, -0.2) is 58.6 Å². The zero-order valence-corrected chi connectivity index (χ0v) is 18.8. The van der Waals surface area contributed by atoms with Crippen LogP contribution in [0, 0.1) is 0 Å². The van der Waals surface area contributed by atoms with E-state index in [4.69, 9.17) is 9.97 Å². The molecule has 0 spiro atoms. The van der Waals surface area contributed by atoms with Crippen molar-refractivity contribution in [2.75, 3.05) is 18.0 Å². The fourth-order valence-corrected chi connectivity index (χ4v) is 4.56. The molecule has 5 rings (SSSR count). The molecule has 0 aliphatic carbocycles. The van der Waals surface area contributed by atoms with Crippen molar-refractivity contribution >= 4 is 11.6 Å². The summed E-state index contributed by atoms with van der Waals surface area (Å²) in [6.45, 7) is 10.7. The van der Waals surface area contributed by atoms with Gasteiger partial charge in [0.1, 0.15) is 11.6 Å². The smallest absolute Gasteiger partial charge is 0.236 e. The molecule has 32 heavy (non-hydrogen) atoms. The third-order valence-corrected chi connectivity index (χ3v) is 5.81. The van der Waals surface area contributed by atoms with Gasteiger partial charge in [0.25, 0.3) is 0 Å². The summed E-state index contributed by atoms with van der Waals surface area (Å²) < 4.78 is 1.88.